The lowest BCUT2D eigenvalue weighted by Crippen LogP contribution is -2.03. The first-order valence-corrected chi connectivity index (χ1v) is 10.1. The fraction of sp³-hybridized carbons (Fsp3) is 0.250. The summed E-state index contributed by atoms with van der Waals surface area (Å²) in [5.74, 6) is 1.44. The minimum Gasteiger partial charge on any atom is -0.493 e. The number of hydrogen-bond acceptors (Lipinski definition) is 3. The molecule has 3 nitrogen and oxygen atoms in total. The molecule has 0 amide bonds. The summed E-state index contributed by atoms with van der Waals surface area (Å²) in [6.07, 6.45) is 0. The van der Waals surface area contributed by atoms with Crippen LogP contribution >= 0.6 is 15.9 Å². The van der Waals surface area contributed by atoms with Crippen LogP contribution in [0.3, 0.4) is 0 Å². The Morgan fingerprint density at radius 3 is 2.29 bits per heavy atom. The number of ether oxygens (including phenoxy) is 2. The van der Waals surface area contributed by atoms with Crippen molar-refractivity contribution in [1.82, 2.24) is 0 Å². The quantitative estimate of drug-likeness (QED) is 0.451. The van der Waals surface area contributed by atoms with E-state index in [9.17, 15) is 0 Å². The largest absolute Gasteiger partial charge is 0.493 e. The number of nitrogens with one attached hydrogen (secondary N) is 1. The Labute approximate surface area is 175 Å². The van der Waals surface area contributed by atoms with E-state index >= 15 is 0 Å². The molecule has 0 saturated carbocycles. The third-order valence-corrected chi connectivity index (χ3v) is 5.39. The summed E-state index contributed by atoms with van der Waals surface area (Å²) in [7, 11) is 1.67. The second-order valence-electron chi connectivity index (χ2n) is 7.04. The second kappa shape index (κ2) is 9.16. The van der Waals surface area contributed by atoms with Crippen molar-refractivity contribution in [1.29, 1.82) is 0 Å². The van der Waals surface area contributed by atoms with Crippen LogP contribution in [0.15, 0.2) is 59.1 Å². The lowest BCUT2D eigenvalue weighted by Gasteiger charge is -2.15. The molecule has 4 heteroatoms. The van der Waals surface area contributed by atoms with Crippen molar-refractivity contribution in [2.75, 3.05) is 12.4 Å². The van der Waals surface area contributed by atoms with E-state index in [1.165, 1.54) is 16.7 Å². The predicted molar refractivity (Wildman–Crippen MR) is 119 cm³/mol. The van der Waals surface area contributed by atoms with E-state index in [-0.39, 0.29) is 0 Å². The summed E-state index contributed by atoms with van der Waals surface area (Å²) >= 11 is 3.64. The average molecular weight is 440 g/mol. The molecule has 28 heavy (non-hydrogen) atoms. The van der Waals surface area contributed by atoms with Crippen LogP contribution < -0.4 is 14.8 Å². The fourth-order valence-electron chi connectivity index (χ4n) is 2.91. The maximum Gasteiger partial charge on any atom is 0.175 e. The standard InChI is InChI=1S/C24H26BrNO2/c1-16-5-8-19(9-6-16)15-28-24-22(25)12-20(13-23(24)27-4)14-26-21-10-7-17(2)18(3)11-21/h5-13,26H,14-15H2,1-4H3. The molecule has 0 atom stereocenters. The number of methoxy groups -OCH3 is 1. The van der Waals surface area contributed by atoms with E-state index in [1.807, 2.05) is 6.07 Å². The van der Waals surface area contributed by atoms with Gasteiger partial charge in [0.25, 0.3) is 0 Å². The lowest BCUT2D eigenvalue weighted by atomic mass is 10.1. The van der Waals surface area contributed by atoms with Crippen molar-refractivity contribution in [3.63, 3.8) is 0 Å². The van der Waals surface area contributed by atoms with E-state index in [1.54, 1.807) is 7.11 Å². The molecule has 1 N–H and O–H groups in total. The number of rotatable bonds is 7. The summed E-state index contributed by atoms with van der Waals surface area (Å²) in [6.45, 7) is 7.52. The van der Waals surface area contributed by atoms with Crippen LogP contribution in [0.5, 0.6) is 11.5 Å². The normalized spacial score (nSPS) is 10.6. The van der Waals surface area contributed by atoms with Gasteiger partial charge in [-0.25, -0.2) is 0 Å². The Kier molecular flexibility index (Phi) is 6.63. The highest BCUT2D eigenvalue weighted by atomic mass is 79.9. The van der Waals surface area contributed by atoms with Gasteiger partial charge in [-0.2, -0.15) is 0 Å². The molecule has 0 bridgehead atoms. The van der Waals surface area contributed by atoms with Gasteiger partial charge >= 0.3 is 0 Å². The highest BCUT2D eigenvalue weighted by molar-refractivity contribution is 9.10. The first-order chi connectivity index (χ1) is 13.5. The third kappa shape index (κ3) is 5.08. The second-order valence-corrected chi connectivity index (χ2v) is 7.89. The fourth-order valence-corrected chi connectivity index (χ4v) is 3.51. The van der Waals surface area contributed by atoms with Crippen LogP contribution in [0.2, 0.25) is 0 Å². The number of hydrogen-bond donors (Lipinski definition) is 1. The highest BCUT2D eigenvalue weighted by Crippen LogP contribution is 2.37. The zero-order valence-corrected chi connectivity index (χ0v) is 18.4. The number of aryl methyl sites for hydroxylation is 3. The van der Waals surface area contributed by atoms with Crippen molar-refractivity contribution in [2.24, 2.45) is 0 Å². The third-order valence-electron chi connectivity index (χ3n) is 4.80. The van der Waals surface area contributed by atoms with Crippen molar-refractivity contribution < 1.29 is 9.47 Å². The lowest BCUT2D eigenvalue weighted by molar-refractivity contribution is 0.282. The monoisotopic (exact) mass is 439 g/mol. The molecule has 0 spiro atoms. The molecular weight excluding hydrogens is 414 g/mol. The van der Waals surface area contributed by atoms with Gasteiger partial charge in [-0.05, 0) is 83.2 Å². The van der Waals surface area contributed by atoms with Crippen molar-refractivity contribution in [3.8, 4) is 11.5 Å². The molecule has 3 aromatic carbocycles. The van der Waals surface area contributed by atoms with Gasteiger partial charge in [-0.3, -0.25) is 0 Å². The van der Waals surface area contributed by atoms with Crippen LogP contribution in [0.25, 0.3) is 0 Å². The highest BCUT2D eigenvalue weighted by Gasteiger charge is 2.12. The zero-order valence-electron chi connectivity index (χ0n) is 16.8. The van der Waals surface area contributed by atoms with Crippen LogP contribution in [0.4, 0.5) is 5.69 Å². The van der Waals surface area contributed by atoms with E-state index in [4.69, 9.17) is 9.47 Å². The van der Waals surface area contributed by atoms with Crippen LogP contribution in [-0.2, 0) is 13.2 Å². The Morgan fingerprint density at radius 1 is 0.857 bits per heavy atom. The average Bonchev–Trinajstić information content (AvgIpc) is 2.69. The van der Waals surface area contributed by atoms with E-state index in [0.717, 1.165) is 32.8 Å². The first-order valence-electron chi connectivity index (χ1n) is 9.32. The number of benzene rings is 3. The molecule has 0 heterocycles. The van der Waals surface area contributed by atoms with Gasteiger partial charge in [0.15, 0.2) is 11.5 Å². The topological polar surface area (TPSA) is 30.5 Å². The van der Waals surface area contributed by atoms with Crippen molar-refractivity contribution in [2.45, 2.75) is 33.9 Å². The van der Waals surface area contributed by atoms with E-state index in [2.05, 4.69) is 90.5 Å². The molecule has 3 rings (SSSR count). The van der Waals surface area contributed by atoms with Gasteiger partial charge in [0.1, 0.15) is 6.61 Å². The van der Waals surface area contributed by atoms with Gasteiger partial charge in [0, 0.05) is 12.2 Å². The predicted octanol–water partition coefficient (Wildman–Crippen LogP) is 6.57. The summed E-state index contributed by atoms with van der Waals surface area (Å²) in [4.78, 5) is 0. The Balaban J connectivity index is 1.71. The molecule has 0 aromatic heterocycles. The van der Waals surface area contributed by atoms with Gasteiger partial charge in [-0.1, -0.05) is 35.9 Å². The Bertz CT molecular complexity index is 952. The van der Waals surface area contributed by atoms with Gasteiger partial charge < -0.3 is 14.8 Å². The molecule has 3 aromatic rings. The number of halogens is 1. The molecule has 0 aliphatic heterocycles. The number of anilines is 1. The smallest absolute Gasteiger partial charge is 0.175 e. The molecular formula is C24H26BrNO2. The molecule has 0 fully saturated rings. The molecule has 0 aliphatic rings. The SMILES string of the molecule is COc1cc(CNc2ccc(C)c(C)c2)cc(Br)c1OCc1ccc(C)cc1. The van der Waals surface area contributed by atoms with Gasteiger partial charge in [0.2, 0.25) is 0 Å². The van der Waals surface area contributed by atoms with Crippen molar-refractivity contribution in [3.05, 3.63) is 86.9 Å². The maximum atomic E-state index is 6.04. The summed E-state index contributed by atoms with van der Waals surface area (Å²) in [5.41, 5.74) is 7.17. The minimum absolute atomic E-state index is 0.496. The Hall–Kier alpha value is -2.46. The van der Waals surface area contributed by atoms with Gasteiger partial charge in [0.05, 0.1) is 11.6 Å². The van der Waals surface area contributed by atoms with Crippen LogP contribution in [0.1, 0.15) is 27.8 Å². The minimum atomic E-state index is 0.496. The van der Waals surface area contributed by atoms with E-state index in [0.29, 0.717) is 13.2 Å². The zero-order chi connectivity index (χ0) is 20.1. The van der Waals surface area contributed by atoms with Crippen LogP contribution in [0, 0.1) is 20.8 Å². The summed E-state index contributed by atoms with van der Waals surface area (Å²) in [6, 6.07) is 18.8. The Morgan fingerprint density at radius 2 is 1.61 bits per heavy atom. The summed E-state index contributed by atoms with van der Waals surface area (Å²) < 4.78 is 12.5. The molecule has 146 valence electrons. The van der Waals surface area contributed by atoms with Crippen molar-refractivity contribution >= 4 is 21.6 Å². The van der Waals surface area contributed by atoms with Gasteiger partial charge in [-0.15, -0.1) is 0 Å². The molecule has 0 radical (unpaired) electrons. The summed E-state index contributed by atoms with van der Waals surface area (Å²) in [5, 5.41) is 3.47. The molecule has 0 aliphatic carbocycles. The molecule has 0 saturated heterocycles. The first kappa shape index (κ1) is 20.3. The van der Waals surface area contributed by atoms with E-state index < -0.39 is 0 Å². The maximum absolute atomic E-state index is 6.04. The van der Waals surface area contributed by atoms with Crippen LogP contribution in [-0.4, -0.2) is 7.11 Å². The molecule has 0 unspecified atom stereocenters.